The Hall–Kier alpha value is -0.820. The van der Waals surface area contributed by atoms with Gasteiger partial charge >= 0.3 is 0 Å². The van der Waals surface area contributed by atoms with E-state index in [1.165, 1.54) is 0 Å². The fourth-order valence-corrected chi connectivity index (χ4v) is 3.57. The van der Waals surface area contributed by atoms with Gasteiger partial charge in [-0.15, -0.1) is 0 Å². The van der Waals surface area contributed by atoms with Crippen molar-refractivity contribution in [3.8, 4) is 11.5 Å². The molecule has 3 rings (SSSR count). The summed E-state index contributed by atoms with van der Waals surface area (Å²) in [5.74, 6) is 1.56. The summed E-state index contributed by atoms with van der Waals surface area (Å²) in [5, 5.41) is 0. The monoisotopic (exact) mass is 356 g/mol. The number of ether oxygens (including phenoxy) is 3. The lowest BCUT2D eigenvalue weighted by molar-refractivity contribution is -0.0967. The van der Waals surface area contributed by atoms with Gasteiger partial charge in [0.05, 0.1) is 16.7 Å². The van der Waals surface area contributed by atoms with Crippen molar-refractivity contribution in [3.63, 3.8) is 0 Å². The van der Waals surface area contributed by atoms with Crippen molar-refractivity contribution >= 4 is 15.9 Å². The summed E-state index contributed by atoms with van der Waals surface area (Å²) in [6.07, 6.45) is 0. The number of benzene rings is 1. The number of hydrogen-bond donors (Lipinski definition) is 1. The Bertz CT molecular complexity index is 536. The largest absolute Gasteiger partial charge is 0.454 e. The molecule has 5 nitrogen and oxygen atoms in total. The molecule has 0 radical (unpaired) electrons. The zero-order valence-electron chi connectivity index (χ0n) is 12.4. The molecule has 0 amide bonds. The van der Waals surface area contributed by atoms with Gasteiger partial charge in [0.25, 0.3) is 0 Å². The first-order valence-electron chi connectivity index (χ1n) is 7.17. The van der Waals surface area contributed by atoms with Crippen LogP contribution in [0.5, 0.6) is 11.5 Å². The van der Waals surface area contributed by atoms with E-state index in [0.29, 0.717) is 6.54 Å². The Kier molecular flexibility index (Phi) is 4.14. The third kappa shape index (κ3) is 3.04. The SMILES string of the molecule is CC1(C)CN(C(CN)c2cc(Br)c3c(c2)OCO3)CCO1. The summed E-state index contributed by atoms with van der Waals surface area (Å²) < 4.78 is 17.7. The summed E-state index contributed by atoms with van der Waals surface area (Å²) in [6, 6.07) is 4.26. The fraction of sp³-hybridized carbons (Fsp3) is 0.600. The molecule has 21 heavy (non-hydrogen) atoms. The lowest BCUT2D eigenvalue weighted by atomic mass is 10.0. The van der Waals surface area contributed by atoms with Crippen LogP contribution in [-0.2, 0) is 4.74 Å². The third-order valence-electron chi connectivity index (χ3n) is 3.95. The number of rotatable bonds is 3. The van der Waals surface area contributed by atoms with Crippen molar-refractivity contribution in [1.29, 1.82) is 0 Å². The molecular formula is C15H21BrN2O3. The molecule has 0 spiro atoms. The molecule has 1 atom stereocenters. The molecule has 1 saturated heterocycles. The van der Waals surface area contributed by atoms with E-state index in [4.69, 9.17) is 19.9 Å². The highest BCUT2D eigenvalue weighted by atomic mass is 79.9. The Morgan fingerprint density at radius 3 is 2.90 bits per heavy atom. The molecule has 1 aromatic carbocycles. The third-order valence-corrected chi connectivity index (χ3v) is 4.54. The van der Waals surface area contributed by atoms with Crippen LogP contribution in [0.25, 0.3) is 0 Å². The van der Waals surface area contributed by atoms with Crippen LogP contribution >= 0.6 is 15.9 Å². The minimum atomic E-state index is -0.140. The molecule has 116 valence electrons. The fourth-order valence-electron chi connectivity index (χ4n) is 2.99. The van der Waals surface area contributed by atoms with Crippen molar-refractivity contribution in [2.24, 2.45) is 5.73 Å². The van der Waals surface area contributed by atoms with Gasteiger partial charge in [0.1, 0.15) is 0 Å². The first-order valence-corrected chi connectivity index (χ1v) is 7.96. The predicted molar refractivity (Wildman–Crippen MR) is 83.7 cm³/mol. The van der Waals surface area contributed by atoms with Crippen molar-refractivity contribution in [2.45, 2.75) is 25.5 Å². The van der Waals surface area contributed by atoms with E-state index in [-0.39, 0.29) is 18.4 Å². The van der Waals surface area contributed by atoms with Gasteiger partial charge < -0.3 is 19.9 Å². The van der Waals surface area contributed by atoms with Crippen molar-refractivity contribution in [2.75, 3.05) is 33.0 Å². The van der Waals surface area contributed by atoms with E-state index in [1.807, 2.05) is 6.07 Å². The number of halogens is 1. The second kappa shape index (κ2) is 5.76. The summed E-state index contributed by atoms with van der Waals surface area (Å²) in [7, 11) is 0. The quantitative estimate of drug-likeness (QED) is 0.900. The van der Waals surface area contributed by atoms with Crippen LogP contribution < -0.4 is 15.2 Å². The van der Waals surface area contributed by atoms with E-state index < -0.39 is 0 Å². The lowest BCUT2D eigenvalue weighted by Crippen LogP contribution is -2.50. The van der Waals surface area contributed by atoms with Crippen LogP contribution in [0.1, 0.15) is 25.5 Å². The van der Waals surface area contributed by atoms with E-state index in [1.54, 1.807) is 0 Å². The maximum absolute atomic E-state index is 6.05. The molecule has 2 heterocycles. The molecule has 1 aromatic rings. The van der Waals surface area contributed by atoms with Gasteiger partial charge in [-0.1, -0.05) is 0 Å². The van der Waals surface area contributed by atoms with E-state index in [2.05, 4.69) is 40.7 Å². The molecule has 0 aromatic heterocycles. The van der Waals surface area contributed by atoms with E-state index >= 15 is 0 Å². The molecular weight excluding hydrogens is 336 g/mol. The second-order valence-corrected chi connectivity index (χ2v) is 6.92. The van der Waals surface area contributed by atoms with E-state index in [9.17, 15) is 0 Å². The highest BCUT2D eigenvalue weighted by Gasteiger charge is 2.32. The molecule has 0 saturated carbocycles. The minimum Gasteiger partial charge on any atom is -0.454 e. The number of morpholine rings is 1. The average molecular weight is 357 g/mol. The highest BCUT2D eigenvalue weighted by molar-refractivity contribution is 9.10. The van der Waals surface area contributed by atoms with E-state index in [0.717, 1.165) is 41.2 Å². The maximum atomic E-state index is 6.05. The minimum absolute atomic E-state index is 0.140. The molecule has 1 unspecified atom stereocenters. The van der Waals surface area contributed by atoms with Gasteiger partial charge in [-0.2, -0.15) is 0 Å². The van der Waals surface area contributed by atoms with Crippen LogP contribution in [-0.4, -0.2) is 43.5 Å². The van der Waals surface area contributed by atoms with Crippen LogP contribution in [0.3, 0.4) is 0 Å². The predicted octanol–water partition coefficient (Wildman–Crippen LogP) is 2.29. The Labute approximate surface area is 133 Å². The summed E-state index contributed by atoms with van der Waals surface area (Å²) >= 11 is 3.55. The van der Waals surface area contributed by atoms with Gasteiger partial charge in [0.2, 0.25) is 6.79 Å². The highest BCUT2D eigenvalue weighted by Crippen LogP contribution is 2.42. The molecule has 1 fully saturated rings. The number of fused-ring (bicyclic) bond motifs is 1. The van der Waals surface area contributed by atoms with Gasteiger partial charge in [0, 0.05) is 25.7 Å². The van der Waals surface area contributed by atoms with Gasteiger partial charge in [-0.25, -0.2) is 0 Å². The normalized spacial score (nSPS) is 22.3. The molecule has 2 aliphatic rings. The Morgan fingerprint density at radius 2 is 2.19 bits per heavy atom. The first-order chi connectivity index (χ1) is 10.00. The standard InChI is InChI=1S/C15H21BrN2O3/c1-15(2)8-18(3-4-21-15)12(7-17)10-5-11(16)14-13(6-10)19-9-20-14/h5-6,12H,3-4,7-9,17H2,1-2H3. The smallest absolute Gasteiger partial charge is 0.231 e. The average Bonchev–Trinajstić information content (AvgIpc) is 2.87. The lowest BCUT2D eigenvalue weighted by Gasteiger charge is -2.42. The summed E-state index contributed by atoms with van der Waals surface area (Å²) in [5.41, 5.74) is 7.05. The van der Waals surface area contributed by atoms with Crippen LogP contribution in [0, 0.1) is 0 Å². The van der Waals surface area contributed by atoms with Gasteiger partial charge in [-0.05, 0) is 47.5 Å². The number of hydrogen-bond acceptors (Lipinski definition) is 5. The number of nitrogens with zero attached hydrogens (tertiary/aromatic N) is 1. The Balaban J connectivity index is 1.88. The topological polar surface area (TPSA) is 57.0 Å². The molecule has 2 N–H and O–H groups in total. The second-order valence-electron chi connectivity index (χ2n) is 6.07. The maximum Gasteiger partial charge on any atom is 0.231 e. The zero-order valence-corrected chi connectivity index (χ0v) is 14.0. The van der Waals surface area contributed by atoms with Crippen LogP contribution in [0.4, 0.5) is 0 Å². The van der Waals surface area contributed by atoms with Crippen molar-refractivity contribution < 1.29 is 14.2 Å². The molecule has 0 aliphatic carbocycles. The van der Waals surface area contributed by atoms with Crippen LogP contribution in [0.15, 0.2) is 16.6 Å². The Morgan fingerprint density at radius 1 is 1.38 bits per heavy atom. The van der Waals surface area contributed by atoms with Gasteiger partial charge in [0.15, 0.2) is 11.5 Å². The zero-order chi connectivity index (χ0) is 15.0. The van der Waals surface area contributed by atoms with Crippen molar-refractivity contribution in [3.05, 3.63) is 22.2 Å². The molecule has 0 bridgehead atoms. The van der Waals surface area contributed by atoms with Crippen molar-refractivity contribution in [1.82, 2.24) is 4.90 Å². The van der Waals surface area contributed by atoms with Crippen LogP contribution in [0.2, 0.25) is 0 Å². The van der Waals surface area contributed by atoms with Gasteiger partial charge in [-0.3, -0.25) is 4.90 Å². The first kappa shape index (κ1) is 15.1. The molecule has 6 heteroatoms. The molecule has 2 aliphatic heterocycles. The summed E-state index contributed by atoms with van der Waals surface area (Å²) in [6.45, 7) is 7.54. The number of nitrogens with two attached hydrogens (primary N) is 1. The summed E-state index contributed by atoms with van der Waals surface area (Å²) in [4.78, 5) is 2.38.